The van der Waals surface area contributed by atoms with Crippen LogP contribution in [0, 0.1) is 6.92 Å². The lowest BCUT2D eigenvalue weighted by Gasteiger charge is -2.26. The number of rotatable bonds is 3. The molecule has 1 aliphatic rings. The Morgan fingerprint density at radius 1 is 1.35 bits per heavy atom. The lowest BCUT2D eigenvalue weighted by molar-refractivity contribution is 0.0362. The lowest BCUT2D eigenvalue weighted by atomic mass is 10.3. The monoisotopic (exact) mass is 300 g/mol. The highest BCUT2D eigenvalue weighted by molar-refractivity contribution is 9.10. The van der Waals surface area contributed by atoms with Gasteiger partial charge in [-0.15, -0.1) is 0 Å². The Morgan fingerprint density at radius 3 is 2.76 bits per heavy atom. The number of nitrogens with zero attached hydrogens (tertiary/aromatic N) is 2. The van der Waals surface area contributed by atoms with Crippen LogP contribution in [0.25, 0.3) is 0 Å². The molecule has 1 fully saturated rings. The van der Waals surface area contributed by atoms with Crippen molar-refractivity contribution in [1.82, 2.24) is 9.47 Å². The smallest absolute Gasteiger partial charge is 0.264 e. The second-order valence-electron chi connectivity index (χ2n) is 4.32. The molecule has 1 aromatic heterocycles. The van der Waals surface area contributed by atoms with Gasteiger partial charge in [0.25, 0.3) is 5.56 Å². The highest BCUT2D eigenvalue weighted by Crippen LogP contribution is 2.06. The normalized spacial score (nSPS) is 17.3. The summed E-state index contributed by atoms with van der Waals surface area (Å²) in [5.41, 5.74) is 1.14. The molecule has 1 aliphatic heterocycles. The van der Waals surface area contributed by atoms with Gasteiger partial charge in [0.15, 0.2) is 0 Å². The molecule has 1 aromatic rings. The van der Waals surface area contributed by atoms with E-state index >= 15 is 0 Å². The van der Waals surface area contributed by atoms with Crippen molar-refractivity contribution in [3.8, 4) is 0 Å². The number of morpholine rings is 1. The summed E-state index contributed by atoms with van der Waals surface area (Å²) in [6.45, 7) is 7.15. The Hall–Kier alpha value is -0.650. The Bertz CT molecular complexity index is 439. The van der Waals surface area contributed by atoms with Crippen LogP contribution in [0.5, 0.6) is 0 Å². The van der Waals surface area contributed by atoms with Crippen molar-refractivity contribution >= 4 is 15.9 Å². The average Bonchev–Trinajstić information content (AvgIpc) is 2.33. The van der Waals surface area contributed by atoms with Crippen LogP contribution >= 0.6 is 15.9 Å². The van der Waals surface area contributed by atoms with E-state index in [9.17, 15) is 4.79 Å². The zero-order valence-corrected chi connectivity index (χ0v) is 11.6. The molecule has 2 heterocycles. The van der Waals surface area contributed by atoms with E-state index in [1.165, 1.54) is 0 Å². The number of hydrogen-bond acceptors (Lipinski definition) is 3. The molecule has 0 atom stereocenters. The Morgan fingerprint density at radius 2 is 2.06 bits per heavy atom. The number of hydrogen-bond donors (Lipinski definition) is 0. The van der Waals surface area contributed by atoms with Crippen LogP contribution in [0.1, 0.15) is 5.56 Å². The molecule has 0 aliphatic carbocycles. The summed E-state index contributed by atoms with van der Waals surface area (Å²) in [5, 5.41) is 0. The molecule has 0 bridgehead atoms. The zero-order valence-electron chi connectivity index (χ0n) is 9.99. The first-order valence-electron chi connectivity index (χ1n) is 5.83. The van der Waals surface area contributed by atoms with Gasteiger partial charge in [-0.05, 0) is 34.5 Å². The van der Waals surface area contributed by atoms with Crippen molar-refractivity contribution in [2.75, 3.05) is 32.8 Å². The molecule has 17 heavy (non-hydrogen) atoms. The van der Waals surface area contributed by atoms with Crippen molar-refractivity contribution < 1.29 is 4.74 Å². The minimum atomic E-state index is 0.0452. The SMILES string of the molecule is Cc1cc(Br)c(=O)n(CCN2CCOCC2)c1. The molecule has 5 heteroatoms. The number of ether oxygens (including phenoxy) is 1. The fraction of sp³-hybridized carbons (Fsp3) is 0.583. The van der Waals surface area contributed by atoms with Crippen LogP contribution in [-0.4, -0.2) is 42.3 Å². The van der Waals surface area contributed by atoms with Crippen molar-refractivity contribution in [1.29, 1.82) is 0 Å². The molecule has 1 saturated heterocycles. The van der Waals surface area contributed by atoms with Crippen LogP contribution < -0.4 is 5.56 Å². The van der Waals surface area contributed by atoms with Gasteiger partial charge in [0, 0.05) is 32.4 Å². The van der Waals surface area contributed by atoms with Gasteiger partial charge in [-0.2, -0.15) is 0 Å². The molecular weight excluding hydrogens is 284 g/mol. The summed E-state index contributed by atoms with van der Waals surface area (Å²) < 4.78 is 7.71. The molecule has 2 rings (SSSR count). The van der Waals surface area contributed by atoms with Gasteiger partial charge in [0.1, 0.15) is 0 Å². The number of aromatic nitrogens is 1. The molecular formula is C12H17BrN2O2. The summed E-state index contributed by atoms with van der Waals surface area (Å²) in [6.07, 6.45) is 1.91. The van der Waals surface area contributed by atoms with Crippen molar-refractivity contribution in [2.45, 2.75) is 13.5 Å². The number of pyridine rings is 1. The van der Waals surface area contributed by atoms with Gasteiger partial charge in [-0.1, -0.05) is 0 Å². The van der Waals surface area contributed by atoms with E-state index in [4.69, 9.17) is 4.74 Å². The van der Waals surface area contributed by atoms with Crippen LogP contribution in [0.2, 0.25) is 0 Å². The van der Waals surface area contributed by atoms with Gasteiger partial charge < -0.3 is 9.30 Å². The molecule has 0 unspecified atom stereocenters. The Kier molecular flexibility index (Phi) is 4.36. The van der Waals surface area contributed by atoms with Crippen molar-refractivity contribution in [2.24, 2.45) is 0 Å². The zero-order chi connectivity index (χ0) is 12.3. The topological polar surface area (TPSA) is 34.5 Å². The molecule has 0 amide bonds. The van der Waals surface area contributed by atoms with E-state index in [1.54, 1.807) is 4.57 Å². The van der Waals surface area contributed by atoms with E-state index in [1.807, 2.05) is 19.2 Å². The lowest BCUT2D eigenvalue weighted by Crippen LogP contribution is -2.39. The summed E-state index contributed by atoms with van der Waals surface area (Å²) in [7, 11) is 0. The first-order chi connectivity index (χ1) is 8.16. The highest BCUT2D eigenvalue weighted by Gasteiger charge is 2.10. The van der Waals surface area contributed by atoms with E-state index in [0.717, 1.165) is 45.0 Å². The van der Waals surface area contributed by atoms with E-state index in [0.29, 0.717) is 4.47 Å². The third-order valence-corrected chi connectivity index (χ3v) is 3.51. The summed E-state index contributed by atoms with van der Waals surface area (Å²) in [6, 6.07) is 1.85. The van der Waals surface area contributed by atoms with E-state index < -0.39 is 0 Å². The molecule has 0 radical (unpaired) electrons. The summed E-state index contributed by atoms with van der Waals surface area (Å²) in [4.78, 5) is 14.2. The van der Waals surface area contributed by atoms with Gasteiger partial charge in [0.2, 0.25) is 0 Å². The molecule has 0 saturated carbocycles. The number of halogens is 1. The molecule has 4 nitrogen and oxygen atoms in total. The van der Waals surface area contributed by atoms with Crippen molar-refractivity contribution in [3.63, 3.8) is 0 Å². The maximum Gasteiger partial charge on any atom is 0.264 e. The Labute approximate surface area is 109 Å². The first kappa shape index (κ1) is 12.8. The van der Waals surface area contributed by atoms with E-state index in [-0.39, 0.29) is 5.56 Å². The molecule has 0 spiro atoms. The molecule has 0 aromatic carbocycles. The third kappa shape index (κ3) is 3.40. The van der Waals surface area contributed by atoms with Crippen LogP contribution in [-0.2, 0) is 11.3 Å². The van der Waals surface area contributed by atoms with Gasteiger partial charge >= 0.3 is 0 Å². The van der Waals surface area contributed by atoms with Crippen LogP contribution in [0.15, 0.2) is 21.5 Å². The first-order valence-corrected chi connectivity index (χ1v) is 6.63. The second kappa shape index (κ2) is 5.80. The van der Waals surface area contributed by atoms with Crippen LogP contribution in [0.3, 0.4) is 0 Å². The minimum absolute atomic E-state index is 0.0452. The number of aryl methyl sites for hydroxylation is 1. The minimum Gasteiger partial charge on any atom is -0.379 e. The average molecular weight is 301 g/mol. The fourth-order valence-corrected chi connectivity index (χ4v) is 2.57. The van der Waals surface area contributed by atoms with Gasteiger partial charge in [-0.3, -0.25) is 9.69 Å². The van der Waals surface area contributed by atoms with Gasteiger partial charge in [0.05, 0.1) is 17.7 Å². The summed E-state index contributed by atoms with van der Waals surface area (Å²) in [5.74, 6) is 0. The standard InChI is InChI=1S/C12H17BrN2O2/c1-10-8-11(13)12(16)15(9-10)3-2-14-4-6-17-7-5-14/h8-9H,2-7H2,1H3. The quantitative estimate of drug-likeness (QED) is 0.843. The summed E-state index contributed by atoms with van der Waals surface area (Å²) >= 11 is 3.30. The van der Waals surface area contributed by atoms with Crippen molar-refractivity contribution in [3.05, 3.63) is 32.7 Å². The largest absolute Gasteiger partial charge is 0.379 e. The van der Waals surface area contributed by atoms with Crippen LogP contribution in [0.4, 0.5) is 0 Å². The van der Waals surface area contributed by atoms with E-state index in [2.05, 4.69) is 20.8 Å². The molecule has 94 valence electrons. The predicted molar refractivity (Wildman–Crippen MR) is 70.4 cm³/mol. The third-order valence-electron chi connectivity index (χ3n) is 2.94. The highest BCUT2D eigenvalue weighted by atomic mass is 79.9. The fourth-order valence-electron chi connectivity index (χ4n) is 1.98. The predicted octanol–water partition coefficient (Wildman–Crippen LogP) is 1.25. The Balaban J connectivity index is 2.00. The maximum atomic E-state index is 11.9. The maximum absolute atomic E-state index is 11.9. The molecule has 0 N–H and O–H groups in total. The second-order valence-corrected chi connectivity index (χ2v) is 5.17. The van der Waals surface area contributed by atoms with Gasteiger partial charge in [-0.25, -0.2) is 0 Å².